The summed E-state index contributed by atoms with van der Waals surface area (Å²) in [6.45, 7) is 3.75. The molecule has 172 valence electrons. The molecular formula is C26H21ClFN3O3. The number of nitrogens with one attached hydrogen (secondary N) is 2. The number of ether oxygens (including phenoxy) is 1. The minimum absolute atomic E-state index is 0.172. The first-order chi connectivity index (χ1) is 16.2. The lowest BCUT2D eigenvalue weighted by Crippen LogP contribution is -2.16. The standard InChI is InChI=1S/C26H21ClFN3O3/c1-14-4-8-22-16(10-14)11-20(15(2)29-22)26(33)30-18-6-9-24(34-3)23(13-18)31-25(32)19-7-5-17(27)12-21(19)28/h4-13H,1-3H3,(H,30,33)(H,31,32). The lowest BCUT2D eigenvalue weighted by atomic mass is 10.1. The summed E-state index contributed by atoms with van der Waals surface area (Å²) in [7, 11) is 1.44. The van der Waals surface area contributed by atoms with Crippen LogP contribution in [-0.2, 0) is 0 Å². The fraction of sp³-hybridized carbons (Fsp3) is 0.115. The summed E-state index contributed by atoms with van der Waals surface area (Å²) in [6.07, 6.45) is 0. The van der Waals surface area contributed by atoms with E-state index >= 15 is 0 Å². The number of hydrogen-bond donors (Lipinski definition) is 2. The Morgan fingerprint density at radius 3 is 2.41 bits per heavy atom. The minimum Gasteiger partial charge on any atom is -0.495 e. The molecule has 4 rings (SSSR count). The number of nitrogens with zero attached hydrogens (tertiary/aromatic N) is 1. The van der Waals surface area contributed by atoms with Crippen molar-refractivity contribution in [3.63, 3.8) is 0 Å². The summed E-state index contributed by atoms with van der Waals surface area (Å²) in [5, 5.41) is 6.50. The Balaban J connectivity index is 1.60. The first-order valence-electron chi connectivity index (χ1n) is 10.4. The molecule has 6 nitrogen and oxygen atoms in total. The van der Waals surface area contributed by atoms with Crippen molar-refractivity contribution in [2.75, 3.05) is 17.7 Å². The molecule has 2 amide bonds. The van der Waals surface area contributed by atoms with Crippen LogP contribution in [0.5, 0.6) is 5.75 Å². The van der Waals surface area contributed by atoms with Crippen LogP contribution in [0.25, 0.3) is 10.9 Å². The van der Waals surface area contributed by atoms with Gasteiger partial charge < -0.3 is 15.4 Å². The Morgan fingerprint density at radius 2 is 1.68 bits per heavy atom. The second-order valence-electron chi connectivity index (χ2n) is 7.76. The van der Waals surface area contributed by atoms with E-state index in [0.29, 0.717) is 22.7 Å². The summed E-state index contributed by atoms with van der Waals surface area (Å²) in [5.74, 6) is -1.43. The zero-order valence-electron chi connectivity index (χ0n) is 18.7. The average Bonchev–Trinajstić information content (AvgIpc) is 2.79. The molecule has 0 saturated heterocycles. The van der Waals surface area contributed by atoms with Gasteiger partial charge in [-0.15, -0.1) is 0 Å². The van der Waals surface area contributed by atoms with Crippen LogP contribution in [0.2, 0.25) is 5.02 Å². The highest BCUT2D eigenvalue weighted by Crippen LogP contribution is 2.29. The molecule has 1 heterocycles. The molecule has 0 bridgehead atoms. The van der Waals surface area contributed by atoms with E-state index in [2.05, 4.69) is 15.6 Å². The van der Waals surface area contributed by atoms with Crippen LogP contribution in [0.3, 0.4) is 0 Å². The number of benzene rings is 3. The van der Waals surface area contributed by atoms with E-state index in [1.165, 1.54) is 25.3 Å². The van der Waals surface area contributed by atoms with Crippen LogP contribution in [0, 0.1) is 19.7 Å². The van der Waals surface area contributed by atoms with Crippen molar-refractivity contribution >= 4 is 45.7 Å². The van der Waals surface area contributed by atoms with Crippen LogP contribution in [-0.4, -0.2) is 23.9 Å². The predicted octanol–water partition coefficient (Wildman–Crippen LogP) is 6.16. The van der Waals surface area contributed by atoms with Crippen LogP contribution < -0.4 is 15.4 Å². The van der Waals surface area contributed by atoms with Gasteiger partial charge >= 0.3 is 0 Å². The maximum absolute atomic E-state index is 14.2. The normalized spacial score (nSPS) is 10.7. The maximum Gasteiger partial charge on any atom is 0.258 e. The SMILES string of the molecule is COc1ccc(NC(=O)c2cc3cc(C)ccc3nc2C)cc1NC(=O)c1ccc(Cl)cc1F. The third-order valence-corrected chi connectivity index (χ3v) is 5.52. The average molecular weight is 478 g/mol. The molecule has 0 aliphatic heterocycles. The molecule has 8 heteroatoms. The summed E-state index contributed by atoms with van der Waals surface area (Å²) < 4.78 is 19.5. The van der Waals surface area contributed by atoms with E-state index in [1.807, 2.05) is 25.1 Å². The number of pyridine rings is 1. The van der Waals surface area contributed by atoms with Gasteiger partial charge in [-0.3, -0.25) is 14.6 Å². The first kappa shape index (κ1) is 23.2. The van der Waals surface area contributed by atoms with Crippen molar-refractivity contribution in [2.45, 2.75) is 13.8 Å². The second kappa shape index (κ2) is 9.49. The fourth-order valence-electron chi connectivity index (χ4n) is 3.57. The van der Waals surface area contributed by atoms with E-state index in [4.69, 9.17) is 16.3 Å². The highest BCUT2D eigenvalue weighted by Gasteiger charge is 2.17. The van der Waals surface area contributed by atoms with Gasteiger partial charge in [-0.2, -0.15) is 0 Å². The number of amides is 2. The molecule has 0 saturated carbocycles. The van der Waals surface area contributed by atoms with Crippen molar-refractivity contribution in [2.24, 2.45) is 0 Å². The number of anilines is 2. The van der Waals surface area contributed by atoms with Crippen LogP contribution in [0.4, 0.5) is 15.8 Å². The molecule has 0 unspecified atom stereocenters. The molecule has 0 radical (unpaired) electrons. The molecule has 0 aliphatic carbocycles. The van der Waals surface area contributed by atoms with Gasteiger partial charge in [0.15, 0.2) is 0 Å². The predicted molar refractivity (Wildman–Crippen MR) is 132 cm³/mol. The van der Waals surface area contributed by atoms with Gasteiger partial charge in [0.05, 0.1) is 35.1 Å². The first-order valence-corrected chi connectivity index (χ1v) is 10.8. The van der Waals surface area contributed by atoms with Gasteiger partial charge in [0.1, 0.15) is 11.6 Å². The number of aryl methyl sites for hydroxylation is 2. The van der Waals surface area contributed by atoms with Crippen LogP contribution in [0.15, 0.2) is 60.7 Å². The Labute approximate surface area is 200 Å². The fourth-order valence-corrected chi connectivity index (χ4v) is 3.73. The molecule has 0 spiro atoms. The molecule has 0 fully saturated rings. The molecular weight excluding hydrogens is 457 g/mol. The molecule has 4 aromatic rings. The van der Waals surface area contributed by atoms with Crippen molar-refractivity contribution < 1.29 is 18.7 Å². The number of aromatic nitrogens is 1. The number of halogens is 2. The minimum atomic E-state index is -0.747. The third kappa shape index (κ3) is 4.84. The van der Waals surface area contributed by atoms with Gasteiger partial charge in [-0.05, 0) is 68.4 Å². The Bertz CT molecular complexity index is 1440. The van der Waals surface area contributed by atoms with E-state index < -0.39 is 11.7 Å². The number of hydrogen-bond acceptors (Lipinski definition) is 4. The van der Waals surface area contributed by atoms with E-state index in [-0.39, 0.29) is 22.2 Å². The molecule has 34 heavy (non-hydrogen) atoms. The van der Waals surface area contributed by atoms with Crippen molar-refractivity contribution in [3.8, 4) is 5.75 Å². The summed E-state index contributed by atoms with van der Waals surface area (Å²) in [6, 6.07) is 16.2. The van der Waals surface area contributed by atoms with Crippen molar-refractivity contribution in [1.82, 2.24) is 4.98 Å². The van der Waals surface area contributed by atoms with Crippen molar-refractivity contribution in [3.05, 3.63) is 93.9 Å². The topological polar surface area (TPSA) is 80.3 Å². The highest BCUT2D eigenvalue weighted by molar-refractivity contribution is 6.30. The van der Waals surface area contributed by atoms with Gasteiger partial charge in [-0.25, -0.2) is 4.39 Å². The quantitative estimate of drug-likeness (QED) is 0.361. The Kier molecular flexibility index (Phi) is 6.47. The van der Waals surface area contributed by atoms with Crippen molar-refractivity contribution in [1.29, 1.82) is 0 Å². The molecule has 0 aliphatic rings. The summed E-state index contributed by atoms with van der Waals surface area (Å²) in [5.41, 5.74) is 3.41. The molecule has 3 aromatic carbocycles. The lowest BCUT2D eigenvalue weighted by molar-refractivity contribution is 0.101. The highest BCUT2D eigenvalue weighted by atomic mass is 35.5. The van der Waals surface area contributed by atoms with E-state index in [9.17, 15) is 14.0 Å². The second-order valence-corrected chi connectivity index (χ2v) is 8.20. The Morgan fingerprint density at radius 1 is 0.912 bits per heavy atom. The zero-order valence-corrected chi connectivity index (χ0v) is 19.5. The van der Waals surface area contributed by atoms with E-state index in [0.717, 1.165) is 22.5 Å². The largest absolute Gasteiger partial charge is 0.495 e. The molecule has 1 aromatic heterocycles. The number of rotatable bonds is 5. The van der Waals surface area contributed by atoms with Crippen LogP contribution in [0.1, 0.15) is 32.0 Å². The Hall–Kier alpha value is -3.97. The lowest BCUT2D eigenvalue weighted by Gasteiger charge is -2.14. The summed E-state index contributed by atoms with van der Waals surface area (Å²) in [4.78, 5) is 30.2. The smallest absolute Gasteiger partial charge is 0.258 e. The molecule has 2 N–H and O–H groups in total. The van der Waals surface area contributed by atoms with E-state index in [1.54, 1.807) is 25.1 Å². The summed E-state index contributed by atoms with van der Waals surface area (Å²) >= 11 is 5.76. The van der Waals surface area contributed by atoms with Crippen LogP contribution >= 0.6 is 11.6 Å². The van der Waals surface area contributed by atoms with Gasteiger partial charge in [0.25, 0.3) is 11.8 Å². The number of fused-ring (bicyclic) bond motifs is 1. The maximum atomic E-state index is 14.2. The number of methoxy groups -OCH3 is 1. The zero-order chi connectivity index (χ0) is 24.4. The van der Waals surface area contributed by atoms with Gasteiger partial charge in [-0.1, -0.05) is 23.2 Å². The third-order valence-electron chi connectivity index (χ3n) is 5.29. The number of carbonyl (C=O) groups is 2. The number of carbonyl (C=O) groups excluding carboxylic acids is 2. The monoisotopic (exact) mass is 477 g/mol. The van der Waals surface area contributed by atoms with Gasteiger partial charge in [0.2, 0.25) is 0 Å². The van der Waals surface area contributed by atoms with Gasteiger partial charge in [0, 0.05) is 16.1 Å². The molecule has 0 atom stereocenters.